The number of anilines is 2. The number of aromatic nitrogens is 7. The number of amides is 1. The predicted molar refractivity (Wildman–Crippen MR) is 135 cm³/mol. The highest BCUT2D eigenvalue weighted by Crippen LogP contribution is 2.27. The van der Waals surface area contributed by atoms with Crippen molar-refractivity contribution in [2.24, 2.45) is 7.05 Å². The molecule has 5 heterocycles. The Labute approximate surface area is 209 Å². The van der Waals surface area contributed by atoms with E-state index in [1.807, 2.05) is 10.5 Å². The molecule has 0 bridgehead atoms. The van der Waals surface area contributed by atoms with E-state index in [2.05, 4.69) is 20.1 Å². The molecule has 0 saturated heterocycles. The van der Waals surface area contributed by atoms with E-state index in [0.29, 0.717) is 45.2 Å². The minimum atomic E-state index is -0.713. The second-order valence-corrected chi connectivity index (χ2v) is 8.67. The van der Waals surface area contributed by atoms with E-state index in [4.69, 9.17) is 10.5 Å². The Hall–Kier alpha value is -5.00. The van der Waals surface area contributed by atoms with Crippen LogP contribution in [0.5, 0.6) is 5.75 Å². The molecule has 0 atom stereocenters. The van der Waals surface area contributed by atoms with Gasteiger partial charge in [0.05, 0.1) is 60.2 Å². The van der Waals surface area contributed by atoms with Gasteiger partial charge in [0, 0.05) is 25.5 Å². The molecule has 0 aliphatic carbocycles. The maximum atomic E-state index is 15.4. The summed E-state index contributed by atoms with van der Waals surface area (Å²) in [5.74, 6) is 0.278. The molecule has 0 aliphatic heterocycles. The standard InChI is InChI=1S/C25H22FN9O2/c1-14-28-9-22-24(27)31-20-7-19(26)18(6-21(20)35(14)22)25(36)34(16-8-29-32(2)12-16)11-15-10-33-13-17(37-3)4-5-23(33)30-15/h4-10,12-13H,11H2,1-3H3,(H2,27,31). The van der Waals surface area contributed by atoms with Crippen LogP contribution in [0.1, 0.15) is 21.9 Å². The Morgan fingerprint density at radius 1 is 1.14 bits per heavy atom. The van der Waals surface area contributed by atoms with Crippen molar-refractivity contribution in [3.63, 3.8) is 0 Å². The van der Waals surface area contributed by atoms with Crippen LogP contribution in [0.15, 0.2) is 55.2 Å². The molecule has 37 heavy (non-hydrogen) atoms. The lowest BCUT2D eigenvalue weighted by molar-refractivity contribution is 0.0981. The summed E-state index contributed by atoms with van der Waals surface area (Å²) in [6, 6.07) is 6.33. The van der Waals surface area contributed by atoms with Gasteiger partial charge in [0.25, 0.3) is 5.91 Å². The zero-order valence-corrected chi connectivity index (χ0v) is 20.3. The quantitative estimate of drug-likeness (QED) is 0.387. The molecule has 0 radical (unpaired) electrons. The zero-order valence-electron chi connectivity index (χ0n) is 20.3. The van der Waals surface area contributed by atoms with Crippen molar-refractivity contribution in [3.05, 3.63) is 78.1 Å². The third-order valence-corrected chi connectivity index (χ3v) is 6.25. The van der Waals surface area contributed by atoms with E-state index in [-0.39, 0.29) is 17.9 Å². The number of benzene rings is 1. The third-order valence-electron chi connectivity index (χ3n) is 6.25. The molecule has 5 aromatic heterocycles. The molecular formula is C25H22FN9O2. The minimum Gasteiger partial charge on any atom is -0.495 e. The van der Waals surface area contributed by atoms with Crippen LogP contribution in [-0.4, -0.2) is 46.6 Å². The van der Waals surface area contributed by atoms with Crippen LogP contribution in [0.3, 0.4) is 0 Å². The highest BCUT2D eigenvalue weighted by molar-refractivity contribution is 6.07. The van der Waals surface area contributed by atoms with Crippen molar-refractivity contribution in [2.45, 2.75) is 13.5 Å². The number of hydrogen-bond donors (Lipinski definition) is 1. The molecule has 186 valence electrons. The molecule has 0 spiro atoms. The summed E-state index contributed by atoms with van der Waals surface area (Å²) in [5.41, 5.74) is 9.15. The van der Waals surface area contributed by atoms with Crippen molar-refractivity contribution in [1.29, 1.82) is 0 Å². The van der Waals surface area contributed by atoms with Gasteiger partial charge in [-0.05, 0) is 25.1 Å². The number of rotatable bonds is 5. The van der Waals surface area contributed by atoms with Crippen molar-refractivity contribution in [1.82, 2.24) is 33.5 Å². The highest BCUT2D eigenvalue weighted by Gasteiger charge is 2.25. The SMILES string of the molecule is COc1ccc2nc(CN(C(=O)c3cc4c(cc3F)nc(N)c3cnc(C)n34)c3cnn(C)c3)cn2c1. The van der Waals surface area contributed by atoms with Crippen LogP contribution in [0.25, 0.3) is 22.2 Å². The van der Waals surface area contributed by atoms with Gasteiger partial charge in [0.1, 0.15) is 34.4 Å². The number of imidazole rings is 2. The monoisotopic (exact) mass is 499 g/mol. The van der Waals surface area contributed by atoms with Crippen molar-refractivity contribution in [3.8, 4) is 5.75 Å². The molecule has 2 N–H and O–H groups in total. The molecule has 6 aromatic rings. The molecule has 1 amide bonds. The van der Waals surface area contributed by atoms with Gasteiger partial charge < -0.3 is 14.9 Å². The Balaban J connectivity index is 1.47. The molecule has 0 unspecified atom stereocenters. The number of nitrogen functional groups attached to an aromatic ring is 1. The summed E-state index contributed by atoms with van der Waals surface area (Å²) in [6.07, 6.45) is 8.44. The number of nitrogens with two attached hydrogens (primary N) is 1. The van der Waals surface area contributed by atoms with Gasteiger partial charge in [0.15, 0.2) is 0 Å². The summed E-state index contributed by atoms with van der Waals surface area (Å²) in [6.45, 7) is 1.89. The summed E-state index contributed by atoms with van der Waals surface area (Å²) >= 11 is 0. The topological polar surface area (TPSA) is 121 Å². The first-order valence-corrected chi connectivity index (χ1v) is 11.4. The van der Waals surface area contributed by atoms with Crippen LogP contribution >= 0.6 is 0 Å². The minimum absolute atomic E-state index is 0.0888. The predicted octanol–water partition coefficient (Wildman–Crippen LogP) is 3.15. The highest BCUT2D eigenvalue weighted by atomic mass is 19.1. The van der Waals surface area contributed by atoms with Crippen LogP contribution in [0, 0.1) is 12.7 Å². The lowest BCUT2D eigenvalue weighted by atomic mass is 10.1. The van der Waals surface area contributed by atoms with E-state index in [1.54, 1.807) is 67.2 Å². The van der Waals surface area contributed by atoms with Crippen LogP contribution in [0.2, 0.25) is 0 Å². The number of pyridine rings is 1. The van der Waals surface area contributed by atoms with Gasteiger partial charge in [-0.2, -0.15) is 5.10 Å². The maximum absolute atomic E-state index is 15.4. The van der Waals surface area contributed by atoms with Crippen LogP contribution in [0.4, 0.5) is 15.9 Å². The van der Waals surface area contributed by atoms with Crippen molar-refractivity contribution >= 4 is 39.6 Å². The fourth-order valence-corrected chi connectivity index (χ4v) is 4.46. The average molecular weight is 500 g/mol. The van der Waals surface area contributed by atoms with E-state index in [1.165, 1.54) is 17.0 Å². The van der Waals surface area contributed by atoms with Gasteiger partial charge in [-0.3, -0.25) is 18.8 Å². The number of nitrogens with zero attached hydrogens (tertiary/aromatic N) is 8. The van der Waals surface area contributed by atoms with E-state index >= 15 is 4.39 Å². The van der Waals surface area contributed by atoms with Gasteiger partial charge in [-0.15, -0.1) is 0 Å². The lowest BCUT2D eigenvalue weighted by Gasteiger charge is -2.21. The lowest BCUT2D eigenvalue weighted by Crippen LogP contribution is -2.31. The first-order valence-electron chi connectivity index (χ1n) is 11.4. The second kappa shape index (κ2) is 8.29. The van der Waals surface area contributed by atoms with Gasteiger partial charge >= 0.3 is 0 Å². The largest absolute Gasteiger partial charge is 0.495 e. The second-order valence-electron chi connectivity index (χ2n) is 8.67. The summed E-state index contributed by atoms with van der Waals surface area (Å²) in [5, 5.41) is 4.20. The summed E-state index contributed by atoms with van der Waals surface area (Å²) in [4.78, 5) is 28.6. The maximum Gasteiger partial charge on any atom is 0.261 e. The summed E-state index contributed by atoms with van der Waals surface area (Å²) < 4.78 is 25.8. The smallest absolute Gasteiger partial charge is 0.261 e. The van der Waals surface area contributed by atoms with Gasteiger partial charge in [-0.25, -0.2) is 19.3 Å². The number of aryl methyl sites for hydroxylation is 2. The number of methoxy groups -OCH3 is 1. The molecule has 0 aliphatic rings. The Morgan fingerprint density at radius 3 is 2.73 bits per heavy atom. The average Bonchev–Trinajstić information content (AvgIpc) is 3.59. The molecule has 0 saturated carbocycles. The number of halogens is 1. The van der Waals surface area contributed by atoms with Crippen LogP contribution < -0.4 is 15.4 Å². The van der Waals surface area contributed by atoms with Crippen molar-refractivity contribution in [2.75, 3.05) is 17.7 Å². The third kappa shape index (κ3) is 3.69. The van der Waals surface area contributed by atoms with Gasteiger partial charge in [-0.1, -0.05) is 0 Å². The number of fused-ring (bicyclic) bond motifs is 4. The molecule has 1 aromatic carbocycles. The van der Waals surface area contributed by atoms with E-state index in [9.17, 15) is 4.79 Å². The summed E-state index contributed by atoms with van der Waals surface area (Å²) in [7, 11) is 3.33. The van der Waals surface area contributed by atoms with Crippen LogP contribution in [-0.2, 0) is 13.6 Å². The molecular weight excluding hydrogens is 477 g/mol. The first kappa shape index (κ1) is 22.5. The fourth-order valence-electron chi connectivity index (χ4n) is 4.46. The van der Waals surface area contributed by atoms with Crippen molar-refractivity contribution < 1.29 is 13.9 Å². The zero-order chi connectivity index (χ0) is 25.8. The first-order chi connectivity index (χ1) is 17.8. The molecule has 6 rings (SSSR count). The number of hydrogen-bond acceptors (Lipinski definition) is 7. The normalized spacial score (nSPS) is 11.6. The Kier molecular flexibility index (Phi) is 5.04. The van der Waals surface area contributed by atoms with E-state index < -0.39 is 11.7 Å². The molecule has 11 nitrogen and oxygen atoms in total. The van der Waals surface area contributed by atoms with Gasteiger partial charge in [0.2, 0.25) is 0 Å². The number of carbonyl (C=O) groups excluding carboxylic acids is 1. The Morgan fingerprint density at radius 2 is 1.97 bits per heavy atom. The van der Waals surface area contributed by atoms with E-state index in [0.717, 1.165) is 0 Å². The number of ether oxygens (including phenoxy) is 1. The number of carbonyl (C=O) groups is 1. The molecule has 0 fully saturated rings. The molecule has 12 heteroatoms. The fraction of sp³-hybridized carbons (Fsp3) is 0.160. The Bertz CT molecular complexity index is 1840.